The SMILES string of the molecule is COc1cc(C=C[C@H]2C3=CC[C@@H]4C(=O)N(c5cc(C(F)(F)F)cc(C(F)(F)F)c5)C(=O)[C@@H]4[C@@H]3C[C@H]3C(=O)N(c4cccc(Cl)c4)C(=O)[C@@]23c2ccccc2)cc(OC)c1O. The van der Waals surface area contributed by atoms with Gasteiger partial charge in [0.1, 0.15) is 0 Å². The van der Waals surface area contributed by atoms with E-state index < -0.39 is 87.8 Å². The number of aromatic hydroxyl groups is 1. The molecule has 1 N–H and O–H groups in total. The standard InChI is InChI=1S/C44H33ClF6N2O7/c1-59-34-15-22(16-35(60-2)37(34)54)11-14-32-29-12-13-30-36(40(57)52(38(30)55)28-18-24(43(46,47)48)17-25(19-28)44(49,50)51)31(29)21-33-39(56)53(27-10-6-9-26(45)20-27)41(58)42(32,33)23-7-4-3-5-8-23/h3-12,14-20,30-33,36,54H,13,21H2,1-2H3/t30-,31+,32-,33-,36-,42-/m0/s1. The zero-order chi connectivity index (χ0) is 43.1. The lowest BCUT2D eigenvalue weighted by Gasteiger charge is -2.49. The molecule has 4 aliphatic rings. The lowest BCUT2D eigenvalue weighted by atomic mass is 9.50. The van der Waals surface area contributed by atoms with E-state index in [4.69, 9.17) is 21.1 Å². The Kier molecular flexibility index (Phi) is 9.88. The van der Waals surface area contributed by atoms with Gasteiger partial charge in [-0.1, -0.05) is 71.8 Å². The number of allylic oxidation sites excluding steroid dienone is 3. The number of rotatable bonds is 7. The summed E-state index contributed by atoms with van der Waals surface area (Å²) in [6.07, 6.45) is -5.84. The Balaban J connectivity index is 1.31. The average molecular weight is 851 g/mol. The zero-order valence-electron chi connectivity index (χ0n) is 31.6. The minimum absolute atomic E-state index is 0.0589. The molecule has 0 bridgehead atoms. The fourth-order valence-corrected chi connectivity index (χ4v) is 9.71. The summed E-state index contributed by atoms with van der Waals surface area (Å²) in [6.45, 7) is 0. The van der Waals surface area contributed by atoms with Gasteiger partial charge >= 0.3 is 12.4 Å². The van der Waals surface area contributed by atoms with E-state index in [-0.39, 0.29) is 46.9 Å². The van der Waals surface area contributed by atoms with Gasteiger partial charge in [-0.2, -0.15) is 26.3 Å². The third kappa shape index (κ3) is 6.32. The number of ether oxygens (including phenoxy) is 2. The largest absolute Gasteiger partial charge is 0.502 e. The second-order valence-electron chi connectivity index (χ2n) is 15.0. The van der Waals surface area contributed by atoms with Crippen molar-refractivity contribution in [1.29, 1.82) is 0 Å². The predicted octanol–water partition coefficient (Wildman–Crippen LogP) is 9.01. The van der Waals surface area contributed by atoms with Crippen LogP contribution in [0.3, 0.4) is 0 Å². The van der Waals surface area contributed by atoms with Crippen LogP contribution >= 0.6 is 11.6 Å². The van der Waals surface area contributed by atoms with E-state index in [1.54, 1.807) is 66.8 Å². The number of hydrogen-bond donors (Lipinski definition) is 1. The number of amides is 4. The molecule has 2 heterocycles. The van der Waals surface area contributed by atoms with Crippen molar-refractivity contribution >= 4 is 52.7 Å². The van der Waals surface area contributed by atoms with Gasteiger partial charge in [0.15, 0.2) is 11.5 Å². The van der Waals surface area contributed by atoms with Gasteiger partial charge in [0.2, 0.25) is 29.4 Å². The smallest absolute Gasteiger partial charge is 0.416 e. The topological polar surface area (TPSA) is 113 Å². The van der Waals surface area contributed by atoms with E-state index in [2.05, 4.69) is 0 Å². The number of phenols is 1. The summed E-state index contributed by atoms with van der Waals surface area (Å²) in [4.78, 5) is 60.3. The first-order chi connectivity index (χ1) is 28.4. The highest BCUT2D eigenvalue weighted by atomic mass is 35.5. The van der Waals surface area contributed by atoms with Crippen LogP contribution in [-0.2, 0) is 36.9 Å². The highest BCUT2D eigenvalue weighted by Crippen LogP contribution is 2.62. The van der Waals surface area contributed by atoms with Gasteiger partial charge in [0, 0.05) is 10.9 Å². The molecular weight excluding hydrogens is 818 g/mol. The second kappa shape index (κ2) is 14.6. The minimum Gasteiger partial charge on any atom is -0.502 e. The molecule has 4 amide bonds. The van der Waals surface area contributed by atoms with Crippen LogP contribution in [-0.4, -0.2) is 43.0 Å². The third-order valence-corrected chi connectivity index (χ3v) is 12.3. The Morgan fingerprint density at radius 2 is 1.38 bits per heavy atom. The van der Waals surface area contributed by atoms with Crippen LogP contribution in [0.15, 0.2) is 103 Å². The molecule has 3 fully saturated rings. The zero-order valence-corrected chi connectivity index (χ0v) is 32.3. The van der Waals surface area contributed by atoms with Crippen molar-refractivity contribution in [3.63, 3.8) is 0 Å². The third-order valence-electron chi connectivity index (χ3n) is 12.0. The molecule has 310 valence electrons. The molecule has 0 spiro atoms. The van der Waals surface area contributed by atoms with E-state index in [1.807, 2.05) is 0 Å². The number of carbonyl (C=O) groups excluding carboxylic acids is 4. The molecule has 6 atom stereocenters. The van der Waals surface area contributed by atoms with Crippen LogP contribution < -0.4 is 19.3 Å². The van der Waals surface area contributed by atoms with Crippen molar-refractivity contribution in [1.82, 2.24) is 0 Å². The minimum atomic E-state index is -5.25. The Morgan fingerprint density at radius 1 is 0.750 bits per heavy atom. The molecule has 0 radical (unpaired) electrons. The van der Waals surface area contributed by atoms with Crippen LogP contribution in [0.5, 0.6) is 17.2 Å². The Morgan fingerprint density at radius 3 is 1.97 bits per heavy atom. The number of halogens is 7. The fraction of sp³-hybridized carbons (Fsp3) is 0.273. The van der Waals surface area contributed by atoms with E-state index in [9.17, 15) is 45.8 Å². The van der Waals surface area contributed by atoms with Crippen LogP contribution in [0.4, 0.5) is 37.7 Å². The van der Waals surface area contributed by atoms with E-state index in [0.717, 1.165) is 4.90 Å². The number of alkyl halides is 6. The number of phenolic OH excluding ortho intramolecular Hbond substituents is 1. The van der Waals surface area contributed by atoms with Crippen molar-refractivity contribution < 1.29 is 60.1 Å². The van der Waals surface area contributed by atoms with Crippen molar-refractivity contribution in [3.05, 3.63) is 130 Å². The van der Waals surface area contributed by atoms with Gasteiger partial charge in [0.05, 0.1) is 59.9 Å². The molecule has 16 heteroatoms. The average Bonchev–Trinajstić information content (AvgIpc) is 3.60. The number of fused-ring (bicyclic) bond motifs is 4. The molecule has 0 unspecified atom stereocenters. The molecular formula is C44H33ClF6N2O7. The first kappa shape index (κ1) is 40.7. The second-order valence-corrected chi connectivity index (χ2v) is 15.5. The molecule has 4 aromatic carbocycles. The van der Waals surface area contributed by atoms with Gasteiger partial charge in [-0.05, 0) is 78.4 Å². The monoisotopic (exact) mass is 850 g/mol. The van der Waals surface area contributed by atoms with Gasteiger partial charge < -0.3 is 14.6 Å². The van der Waals surface area contributed by atoms with Crippen LogP contribution in [0.2, 0.25) is 5.02 Å². The summed E-state index contributed by atoms with van der Waals surface area (Å²) in [5, 5.41) is 10.8. The Hall–Kier alpha value is -6.09. The number of hydrogen-bond acceptors (Lipinski definition) is 7. The molecule has 0 aromatic heterocycles. The van der Waals surface area contributed by atoms with Crippen molar-refractivity contribution in [3.8, 4) is 17.2 Å². The van der Waals surface area contributed by atoms with Gasteiger partial charge in [-0.3, -0.25) is 19.2 Å². The molecule has 60 heavy (non-hydrogen) atoms. The Bertz CT molecular complexity index is 2460. The summed E-state index contributed by atoms with van der Waals surface area (Å²) in [5.74, 6) is -9.15. The van der Waals surface area contributed by atoms with Crippen molar-refractivity contribution in [2.45, 2.75) is 30.6 Å². The molecule has 2 aliphatic heterocycles. The van der Waals surface area contributed by atoms with Crippen molar-refractivity contribution in [2.24, 2.45) is 29.6 Å². The fourth-order valence-electron chi connectivity index (χ4n) is 9.53. The molecule has 2 saturated heterocycles. The maximum Gasteiger partial charge on any atom is 0.416 e. The van der Waals surface area contributed by atoms with E-state index >= 15 is 4.79 Å². The number of carbonyl (C=O) groups is 4. The van der Waals surface area contributed by atoms with Crippen LogP contribution in [0.1, 0.15) is 35.1 Å². The highest BCUT2D eigenvalue weighted by Gasteiger charge is 2.69. The summed E-state index contributed by atoms with van der Waals surface area (Å²) in [5.41, 5.74) is -4.42. The van der Waals surface area contributed by atoms with Crippen LogP contribution in [0.25, 0.3) is 6.08 Å². The number of nitrogens with zero attached hydrogens (tertiary/aromatic N) is 2. The lowest BCUT2D eigenvalue weighted by molar-refractivity contribution is -0.143. The quantitative estimate of drug-likeness (QED) is 0.112. The van der Waals surface area contributed by atoms with Crippen LogP contribution in [0, 0.1) is 29.6 Å². The molecule has 8 rings (SSSR count). The van der Waals surface area contributed by atoms with Gasteiger partial charge in [0.25, 0.3) is 0 Å². The number of anilines is 2. The summed E-state index contributed by atoms with van der Waals surface area (Å²) in [6, 6.07) is 18.3. The summed E-state index contributed by atoms with van der Waals surface area (Å²) in [7, 11) is 2.68. The van der Waals surface area contributed by atoms with Gasteiger partial charge in [-0.25, -0.2) is 9.80 Å². The number of imide groups is 2. The normalized spacial score (nSPS) is 25.4. The first-order valence-electron chi connectivity index (χ1n) is 18.6. The van der Waals surface area contributed by atoms with Crippen molar-refractivity contribution in [2.75, 3.05) is 24.0 Å². The molecule has 9 nitrogen and oxygen atoms in total. The highest BCUT2D eigenvalue weighted by molar-refractivity contribution is 6.32. The maximum absolute atomic E-state index is 15.3. The molecule has 1 saturated carbocycles. The summed E-state index contributed by atoms with van der Waals surface area (Å²) >= 11 is 6.35. The van der Waals surface area contributed by atoms with Gasteiger partial charge in [-0.15, -0.1) is 0 Å². The number of methoxy groups -OCH3 is 2. The lowest BCUT2D eigenvalue weighted by Crippen LogP contribution is -2.54. The van der Waals surface area contributed by atoms with E-state index in [1.165, 1.54) is 32.4 Å². The molecule has 4 aromatic rings. The maximum atomic E-state index is 15.3. The first-order valence-corrected chi connectivity index (χ1v) is 19.0. The Labute approximate surface area is 343 Å². The summed E-state index contributed by atoms with van der Waals surface area (Å²) < 4.78 is 94.4. The number of benzene rings is 4. The molecule has 2 aliphatic carbocycles. The van der Waals surface area contributed by atoms with E-state index in [0.29, 0.717) is 33.7 Å². The predicted molar refractivity (Wildman–Crippen MR) is 206 cm³/mol.